The van der Waals surface area contributed by atoms with Gasteiger partial charge in [-0.15, -0.1) is 0 Å². The van der Waals surface area contributed by atoms with E-state index in [2.05, 4.69) is 0 Å². The van der Waals surface area contributed by atoms with Crippen LogP contribution in [0.5, 0.6) is 0 Å². The molecule has 0 aromatic carbocycles. The highest BCUT2D eigenvalue weighted by molar-refractivity contribution is 5.92. The van der Waals surface area contributed by atoms with E-state index in [1.807, 2.05) is 20.8 Å². The van der Waals surface area contributed by atoms with Gasteiger partial charge in [0.1, 0.15) is 11.9 Å². The molecule has 96 valence electrons. The van der Waals surface area contributed by atoms with E-state index in [9.17, 15) is 14.7 Å². The molecule has 0 saturated heterocycles. The lowest BCUT2D eigenvalue weighted by Gasteiger charge is -2.46. The molecular weight excluding hydrogens is 216 g/mol. The minimum Gasteiger partial charge on any atom is -0.385 e. The van der Waals surface area contributed by atoms with Crippen LogP contribution in [0.15, 0.2) is 0 Å². The molecule has 0 aliphatic heterocycles. The molecule has 3 heteroatoms. The van der Waals surface area contributed by atoms with Crippen LogP contribution in [-0.2, 0) is 9.59 Å². The molecule has 0 bridgehead atoms. The number of Topliss-reactive ketones (excluding diaryl/α,β-unsaturated/α-hetero) is 2. The van der Waals surface area contributed by atoms with Gasteiger partial charge in [0.2, 0.25) is 0 Å². The van der Waals surface area contributed by atoms with Gasteiger partial charge in [0.05, 0.1) is 0 Å². The van der Waals surface area contributed by atoms with Crippen molar-refractivity contribution in [2.24, 2.45) is 16.7 Å². The second-order valence-electron chi connectivity index (χ2n) is 6.39. The maximum Gasteiger partial charge on any atom is 0.167 e. The maximum absolute atomic E-state index is 12.2. The van der Waals surface area contributed by atoms with E-state index in [-0.39, 0.29) is 22.9 Å². The van der Waals surface area contributed by atoms with Gasteiger partial charge in [0, 0.05) is 17.8 Å². The fraction of sp³-hybridized carbons (Fsp3) is 0.857. The largest absolute Gasteiger partial charge is 0.385 e. The number of rotatable bonds is 1. The summed E-state index contributed by atoms with van der Waals surface area (Å²) in [6.07, 6.45) is 2.72. The van der Waals surface area contributed by atoms with Gasteiger partial charge in [-0.3, -0.25) is 9.59 Å². The zero-order valence-corrected chi connectivity index (χ0v) is 11.0. The van der Waals surface area contributed by atoms with Gasteiger partial charge in [-0.2, -0.15) is 0 Å². The molecule has 0 aromatic rings. The van der Waals surface area contributed by atoms with Crippen LogP contribution in [0.25, 0.3) is 0 Å². The fourth-order valence-corrected chi connectivity index (χ4v) is 3.46. The Morgan fingerprint density at radius 3 is 2.29 bits per heavy atom. The molecule has 2 fully saturated rings. The number of ketones is 2. The van der Waals surface area contributed by atoms with Crippen LogP contribution in [0, 0.1) is 16.7 Å². The first kappa shape index (κ1) is 12.7. The molecule has 2 saturated carbocycles. The molecule has 0 aromatic heterocycles. The standard InChI is InChI=1S/C14H22O3/c1-9-4-6-13(2,8-11(9)16)14(3)7-5-10(15)12(14)17/h9-10,15H,4-8H2,1-3H3. The highest BCUT2D eigenvalue weighted by Crippen LogP contribution is 2.55. The van der Waals surface area contributed by atoms with Gasteiger partial charge in [0.25, 0.3) is 0 Å². The minimum absolute atomic E-state index is 0.0534. The summed E-state index contributed by atoms with van der Waals surface area (Å²) in [5.74, 6) is 0.352. The van der Waals surface area contributed by atoms with E-state index < -0.39 is 11.5 Å². The Kier molecular flexibility index (Phi) is 2.93. The van der Waals surface area contributed by atoms with Crippen molar-refractivity contribution in [3.8, 4) is 0 Å². The molecule has 2 rings (SSSR count). The molecule has 0 heterocycles. The highest BCUT2D eigenvalue weighted by atomic mass is 16.3. The van der Waals surface area contributed by atoms with Crippen molar-refractivity contribution >= 4 is 11.6 Å². The molecular formula is C14H22O3. The molecule has 4 unspecified atom stereocenters. The van der Waals surface area contributed by atoms with E-state index in [4.69, 9.17) is 0 Å². The van der Waals surface area contributed by atoms with E-state index in [0.717, 1.165) is 12.8 Å². The smallest absolute Gasteiger partial charge is 0.167 e. The molecule has 4 atom stereocenters. The lowest BCUT2D eigenvalue weighted by molar-refractivity contribution is -0.143. The van der Waals surface area contributed by atoms with Gasteiger partial charge in [0.15, 0.2) is 5.78 Å². The maximum atomic E-state index is 12.2. The van der Waals surface area contributed by atoms with Crippen molar-refractivity contribution in [1.29, 1.82) is 0 Å². The minimum atomic E-state index is -0.814. The van der Waals surface area contributed by atoms with Crippen LogP contribution < -0.4 is 0 Å². The summed E-state index contributed by atoms with van der Waals surface area (Å²) < 4.78 is 0. The lowest BCUT2D eigenvalue weighted by Crippen LogP contribution is -2.47. The second kappa shape index (κ2) is 3.91. The van der Waals surface area contributed by atoms with Crippen molar-refractivity contribution in [2.45, 2.75) is 59.0 Å². The summed E-state index contributed by atoms with van der Waals surface area (Å²) in [5.41, 5.74) is -0.770. The van der Waals surface area contributed by atoms with Gasteiger partial charge in [-0.05, 0) is 31.1 Å². The van der Waals surface area contributed by atoms with Gasteiger partial charge >= 0.3 is 0 Å². The third kappa shape index (κ3) is 1.75. The summed E-state index contributed by atoms with van der Waals surface area (Å²) in [5, 5.41) is 9.66. The molecule has 0 amide bonds. The number of aliphatic hydroxyl groups is 1. The molecule has 3 nitrogen and oxygen atoms in total. The van der Waals surface area contributed by atoms with Crippen LogP contribution in [0.2, 0.25) is 0 Å². The Morgan fingerprint density at radius 2 is 1.82 bits per heavy atom. The Morgan fingerprint density at radius 1 is 1.18 bits per heavy atom. The monoisotopic (exact) mass is 238 g/mol. The van der Waals surface area contributed by atoms with Crippen molar-refractivity contribution in [1.82, 2.24) is 0 Å². The summed E-state index contributed by atoms with van der Waals surface area (Å²) >= 11 is 0. The average Bonchev–Trinajstić information content (AvgIpc) is 2.54. The molecule has 2 aliphatic carbocycles. The Bertz CT molecular complexity index is 362. The van der Waals surface area contributed by atoms with Crippen LogP contribution in [0.3, 0.4) is 0 Å². The number of aliphatic hydroxyl groups excluding tert-OH is 1. The predicted octanol–water partition coefficient (Wildman–Crippen LogP) is 2.11. The predicted molar refractivity (Wildman–Crippen MR) is 64.5 cm³/mol. The highest BCUT2D eigenvalue weighted by Gasteiger charge is 2.56. The van der Waals surface area contributed by atoms with E-state index >= 15 is 0 Å². The number of hydrogen-bond acceptors (Lipinski definition) is 3. The van der Waals surface area contributed by atoms with E-state index in [0.29, 0.717) is 19.3 Å². The molecule has 17 heavy (non-hydrogen) atoms. The van der Waals surface area contributed by atoms with Gasteiger partial charge < -0.3 is 5.11 Å². The lowest BCUT2D eigenvalue weighted by atomic mass is 9.56. The zero-order valence-electron chi connectivity index (χ0n) is 11.0. The van der Waals surface area contributed by atoms with Crippen LogP contribution in [0.1, 0.15) is 52.9 Å². The van der Waals surface area contributed by atoms with Crippen molar-refractivity contribution in [2.75, 3.05) is 0 Å². The number of carbonyl (C=O) groups is 2. The molecule has 1 N–H and O–H groups in total. The summed E-state index contributed by atoms with van der Waals surface area (Å²) in [4.78, 5) is 24.1. The SMILES string of the molecule is CC1CCC(C)(C2(C)CCC(O)C2=O)CC1=O. The first-order valence-electron chi connectivity index (χ1n) is 6.55. The molecule has 0 spiro atoms. The van der Waals surface area contributed by atoms with E-state index in [1.54, 1.807) is 0 Å². The Labute approximate surface area is 103 Å². The average molecular weight is 238 g/mol. The quantitative estimate of drug-likeness (QED) is 0.761. The fourth-order valence-electron chi connectivity index (χ4n) is 3.46. The van der Waals surface area contributed by atoms with Gasteiger partial charge in [-0.1, -0.05) is 20.8 Å². The Hall–Kier alpha value is -0.700. The molecule has 2 aliphatic rings. The van der Waals surface area contributed by atoms with Crippen molar-refractivity contribution in [3.05, 3.63) is 0 Å². The first-order chi connectivity index (χ1) is 7.80. The second-order valence-corrected chi connectivity index (χ2v) is 6.39. The summed E-state index contributed by atoms with van der Waals surface area (Å²) in [6.45, 7) is 5.96. The normalized spacial score (nSPS) is 47.5. The van der Waals surface area contributed by atoms with Crippen LogP contribution >= 0.6 is 0 Å². The topological polar surface area (TPSA) is 54.4 Å². The Balaban J connectivity index is 2.27. The zero-order chi connectivity index (χ0) is 12.8. The van der Waals surface area contributed by atoms with Gasteiger partial charge in [-0.25, -0.2) is 0 Å². The number of carbonyl (C=O) groups excluding carboxylic acids is 2. The number of hydrogen-bond donors (Lipinski definition) is 1. The third-order valence-electron chi connectivity index (χ3n) is 5.34. The summed E-state index contributed by atoms with van der Waals surface area (Å²) in [7, 11) is 0. The van der Waals surface area contributed by atoms with E-state index in [1.165, 1.54) is 0 Å². The third-order valence-corrected chi connectivity index (χ3v) is 5.34. The van der Waals surface area contributed by atoms with Crippen molar-refractivity contribution < 1.29 is 14.7 Å². The molecule has 0 radical (unpaired) electrons. The first-order valence-corrected chi connectivity index (χ1v) is 6.55. The van der Waals surface area contributed by atoms with Crippen molar-refractivity contribution in [3.63, 3.8) is 0 Å². The summed E-state index contributed by atoms with van der Waals surface area (Å²) in [6, 6.07) is 0. The van der Waals surface area contributed by atoms with Crippen LogP contribution in [-0.4, -0.2) is 22.8 Å². The van der Waals surface area contributed by atoms with Crippen LogP contribution in [0.4, 0.5) is 0 Å².